The lowest BCUT2D eigenvalue weighted by atomic mass is 9.43. The Kier molecular flexibility index (Phi) is 11.1. The molecule has 0 radical (unpaired) electrons. The summed E-state index contributed by atoms with van der Waals surface area (Å²) in [6.45, 7) is 9.94. The Morgan fingerprint density at radius 3 is 1.89 bits per heavy atom. The molecule has 55 heavy (non-hydrogen) atoms. The van der Waals surface area contributed by atoms with Crippen LogP contribution in [0.1, 0.15) is 105 Å². The van der Waals surface area contributed by atoms with E-state index in [1.54, 1.807) is 19.9 Å². The first kappa shape index (κ1) is 40.5. The Morgan fingerprint density at radius 2 is 1.31 bits per heavy atom. The number of carbonyl (C=O) groups is 1. The van der Waals surface area contributed by atoms with Crippen molar-refractivity contribution in [3.63, 3.8) is 0 Å². The molecule has 14 heteroatoms. The normalized spacial score (nSPS) is 55.5. The van der Waals surface area contributed by atoms with Gasteiger partial charge in [0, 0.05) is 30.8 Å². The van der Waals surface area contributed by atoms with E-state index < -0.39 is 90.9 Å². The molecule has 0 aromatic heterocycles. The summed E-state index contributed by atoms with van der Waals surface area (Å²) in [5.74, 6) is 0.327. The maximum Gasteiger partial charge on any atom is 0.331 e. The molecule has 8 rings (SSSR count). The highest BCUT2D eigenvalue weighted by Gasteiger charge is 2.69. The third-order valence-electron chi connectivity index (χ3n) is 15.8. The number of ether oxygens (including phenoxy) is 7. The first-order valence-electron chi connectivity index (χ1n) is 20.9. The zero-order valence-corrected chi connectivity index (χ0v) is 32.9. The summed E-state index contributed by atoms with van der Waals surface area (Å²) in [6, 6.07) is 0. The Bertz CT molecular complexity index is 1410. The van der Waals surface area contributed by atoms with E-state index in [0.29, 0.717) is 25.2 Å². The number of cyclic esters (lactones) is 1. The van der Waals surface area contributed by atoms with Gasteiger partial charge in [-0.05, 0) is 107 Å². The fourth-order valence-electron chi connectivity index (χ4n) is 12.5. The maximum absolute atomic E-state index is 12.6. The van der Waals surface area contributed by atoms with Crippen molar-refractivity contribution < 1.29 is 68.6 Å². The molecule has 21 unspecified atom stereocenters. The number of aliphatic hydroxyl groups is 6. The molecule has 0 amide bonds. The van der Waals surface area contributed by atoms with Gasteiger partial charge in [-0.1, -0.05) is 13.8 Å². The molecule has 0 spiro atoms. The van der Waals surface area contributed by atoms with E-state index >= 15 is 0 Å². The summed E-state index contributed by atoms with van der Waals surface area (Å²) in [7, 11) is 0. The Labute approximate surface area is 323 Å². The highest BCUT2D eigenvalue weighted by molar-refractivity contribution is 5.85. The van der Waals surface area contributed by atoms with Crippen LogP contribution in [0.3, 0.4) is 0 Å². The van der Waals surface area contributed by atoms with Crippen LogP contribution in [0, 0.1) is 34.5 Å². The minimum atomic E-state index is -1.01. The minimum Gasteiger partial charge on any atom is -0.458 e. The van der Waals surface area contributed by atoms with Gasteiger partial charge in [0.25, 0.3) is 0 Å². The highest BCUT2D eigenvalue weighted by atomic mass is 16.7. The lowest BCUT2D eigenvalue weighted by Crippen LogP contribution is -2.65. The van der Waals surface area contributed by atoms with Crippen molar-refractivity contribution in [1.82, 2.24) is 0 Å². The van der Waals surface area contributed by atoms with Gasteiger partial charge in [-0.3, -0.25) is 0 Å². The van der Waals surface area contributed by atoms with Crippen molar-refractivity contribution in [3.8, 4) is 0 Å². The van der Waals surface area contributed by atoms with Crippen LogP contribution in [0.15, 0.2) is 11.6 Å². The summed E-state index contributed by atoms with van der Waals surface area (Å²) in [4.78, 5) is 11.9. The van der Waals surface area contributed by atoms with Crippen molar-refractivity contribution >= 4 is 5.97 Å². The fraction of sp³-hybridized carbons (Fsp3) is 0.927. The molecule has 6 N–H and O–H groups in total. The van der Waals surface area contributed by atoms with E-state index in [4.69, 9.17) is 33.2 Å². The van der Waals surface area contributed by atoms with Crippen LogP contribution in [0.2, 0.25) is 0 Å². The molecule has 312 valence electrons. The third-order valence-corrected chi connectivity index (χ3v) is 15.8. The average Bonchev–Trinajstić information content (AvgIpc) is 3.68. The number of fused-ring (bicyclic) bond motifs is 5. The maximum atomic E-state index is 12.6. The largest absolute Gasteiger partial charge is 0.458 e. The highest BCUT2D eigenvalue weighted by Crippen LogP contribution is 2.69. The number of hydrogen-bond donors (Lipinski definition) is 6. The van der Waals surface area contributed by atoms with Crippen LogP contribution >= 0.6 is 0 Å². The molecule has 4 aliphatic heterocycles. The molecule has 0 bridgehead atoms. The van der Waals surface area contributed by atoms with Crippen LogP contribution in [0.5, 0.6) is 0 Å². The Morgan fingerprint density at radius 1 is 0.709 bits per heavy atom. The van der Waals surface area contributed by atoms with Crippen LogP contribution < -0.4 is 0 Å². The Hall–Kier alpha value is -1.27. The van der Waals surface area contributed by atoms with Crippen LogP contribution in [-0.4, -0.2) is 135 Å². The molecule has 4 heterocycles. The van der Waals surface area contributed by atoms with Gasteiger partial charge in [0.05, 0.1) is 54.4 Å². The van der Waals surface area contributed by atoms with Crippen molar-refractivity contribution in [2.45, 2.75) is 197 Å². The van der Waals surface area contributed by atoms with Gasteiger partial charge < -0.3 is 63.8 Å². The lowest BCUT2D eigenvalue weighted by Gasteiger charge is -2.64. The SMILES string of the molecule is CC1OC(OC2C(O)CC(OC3C(O)CC(OC4CCC5(C)C(CCC6C5CC(O)C5(C)CC(C7=CC(=O)OC7)CC65O)C4)OC3C)OC2C)CC(O)C1O. The second-order valence-electron chi connectivity index (χ2n) is 19.0. The van der Waals surface area contributed by atoms with E-state index in [1.165, 1.54) is 0 Å². The van der Waals surface area contributed by atoms with E-state index in [-0.39, 0.29) is 61.1 Å². The smallest absolute Gasteiger partial charge is 0.331 e. The molecule has 7 fully saturated rings. The molecule has 21 atom stereocenters. The number of rotatable bonds is 7. The van der Waals surface area contributed by atoms with Gasteiger partial charge in [-0.2, -0.15) is 0 Å². The monoisotopic (exact) mass is 780 g/mol. The second kappa shape index (κ2) is 15.1. The number of aliphatic hydroxyl groups excluding tert-OH is 5. The minimum absolute atomic E-state index is 0.0273. The lowest BCUT2D eigenvalue weighted by molar-refractivity contribution is -0.336. The molecule has 4 saturated carbocycles. The first-order chi connectivity index (χ1) is 26.0. The molecular weight excluding hydrogens is 716 g/mol. The third kappa shape index (κ3) is 7.15. The number of esters is 1. The molecule has 3 saturated heterocycles. The predicted molar refractivity (Wildman–Crippen MR) is 193 cm³/mol. The van der Waals surface area contributed by atoms with E-state index in [0.717, 1.165) is 37.7 Å². The summed E-state index contributed by atoms with van der Waals surface area (Å²) in [5, 5.41) is 66.7. The first-order valence-corrected chi connectivity index (χ1v) is 20.9. The topological polar surface area (TPSA) is 203 Å². The van der Waals surface area contributed by atoms with Gasteiger partial charge in [0.2, 0.25) is 0 Å². The van der Waals surface area contributed by atoms with Crippen molar-refractivity contribution in [1.29, 1.82) is 0 Å². The van der Waals surface area contributed by atoms with Gasteiger partial charge in [0.15, 0.2) is 18.9 Å². The summed E-state index contributed by atoms with van der Waals surface area (Å²) in [6.07, 6.45) is -1.56. The van der Waals surface area contributed by atoms with E-state index in [1.807, 2.05) is 13.8 Å². The zero-order valence-electron chi connectivity index (χ0n) is 32.9. The number of carbonyl (C=O) groups excluding carboxylic acids is 1. The van der Waals surface area contributed by atoms with Gasteiger partial charge in [-0.15, -0.1) is 0 Å². The predicted octanol–water partition coefficient (Wildman–Crippen LogP) is 2.22. The van der Waals surface area contributed by atoms with Crippen LogP contribution in [0.25, 0.3) is 0 Å². The van der Waals surface area contributed by atoms with E-state index in [2.05, 4.69) is 6.92 Å². The molecular formula is C41H64O14. The van der Waals surface area contributed by atoms with Crippen molar-refractivity contribution in [2.75, 3.05) is 6.61 Å². The quantitative estimate of drug-likeness (QED) is 0.162. The number of hydrogen-bond acceptors (Lipinski definition) is 14. The molecule has 8 aliphatic rings. The Balaban J connectivity index is 0.836. The van der Waals surface area contributed by atoms with Crippen molar-refractivity contribution in [2.24, 2.45) is 34.5 Å². The van der Waals surface area contributed by atoms with Gasteiger partial charge >= 0.3 is 5.97 Å². The van der Waals surface area contributed by atoms with Gasteiger partial charge in [0.1, 0.15) is 24.9 Å². The standard InChI is InChI=1S/C41H64O14/c1-19-36(47)28(42)13-34(50-19)54-38-21(3)52-35(15-30(38)44)55-37-20(2)51-33(14-29(37)43)53-25-8-9-39(4)24(11-25)6-7-26-27(39)12-31(45)40(5)16-23(17-41(26,40)48)22-10-32(46)49-18-22/h10,19-21,23-31,33-38,42-45,47-48H,6-9,11-18H2,1-5H3. The van der Waals surface area contributed by atoms with Crippen molar-refractivity contribution in [3.05, 3.63) is 11.6 Å². The molecule has 0 aromatic rings. The molecule has 14 nitrogen and oxygen atoms in total. The van der Waals surface area contributed by atoms with E-state index in [9.17, 15) is 35.4 Å². The average molecular weight is 781 g/mol. The fourth-order valence-corrected chi connectivity index (χ4v) is 12.5. The molecule has 0 aromatic carbocycles. The summed E-state index contributed by atoms with van der Waals surface area (Å²) >= 11 is 0. The van der Waals surface area contributed by atoms with Crippen LogP contribution in [0.4, 0.5) is 0 Å². The second-order valence-corrected chi connectivity index (χ2v) is 19.0. The van der Waals surface area contributed by atoms with Crippen LogP contribution in [-0.2, 0) is 38.0 Å². The zero-order chi connectivity index (χ0) is 39.2. The molecule has 4 aliphatic carbocycles. The van der Waals surface area contributed by atoms with Gasteiger partial charge in [-0.25, -0.2) is 4.79 Å². The summed E-state index contributed by atoms with van der Waals surface area (Å²) < 4.78 is 42.0. The summed E-state index contributed by atoms with van der Waals surface area (Å²) in [5.41, 5.74) is -0.758.